The van der Waals surface area contributed by atoms with Crippen LogP contribution in [0.15, 0.2) is 0 Å². The van der Waals surface area contributed by atoms with Crippen LogP contribution < -0.4 is 4.72 Å². The number of amides is 1. The smallest absolute Gasteiger partial charge is 0.421 e. The third-order valence-electron chi connectivity index (χ3n) is 1.36. The van der Waals surface area contributed by atoms with Gasteiger partial charge in [-0.05, 0) is 19.8 Å². The van der Waals surface area contributed by atoms with Crippen molar-refractivity contribution in [2.75, 3.05) is 12.9 Å². The van der Waals surface area contributed by atoms with Gasteiger partial charge in [0.05, 0.1) is 6.61 Å². The highest BCUT2D eigenvalue weighted by molar-refractivity contribution is 9.41. The summed E-state index contributed by atoms with van der Waals surface area (Å²) in [7, 11) is -6.33. The van der Waals surface area contributed by atoms with Crippen molar-refractivity contribution in [2.45, 2.75) is 19.8 Å². The zero-order valence-corrected chi connectivity index (χ0v) is 11.9. The van der Waals surface area contributed by atoms with Crippen LogP contribution in [0.2, 0.25) is 0 Å². The minimum atomic E-state index is -3.85. The fraction of sp³-hybridized carbons (Fsp3) is 0.833. The number of unbranched alkanes of at least 4 members (excludes halogenated alkanes) is 1. The predicted octanol–water partition coefficient (Wildman–Crippen LogP) is 1.88. The number of hydrogen-bond donors (Lipinski definition) is 3. The SMILES string of the molecule is CCCCOC(=O)NS(=O)(=O)S(C)(S)S. The van der Waals surface area contributed by atoms with Crippen LogP contribution in [0.3, 0.4) is 0 Å². The quantitative estimate of drug-likeness (QED) is 0.411. The fourth-order valence-corrected chi connectivity index (χ4v) is 2.29. The molecule has 0 aliphatic rings. The van der Waals surface area contributed by atoms with Crippen molar-refractivity contribution < 1.29 is 17.9 Å². The van der Waals surface area contributed by atoms with E-state index >= 15 is 0 Å². The average molecular weight is 293 g/mol. The average Bonchev–Trinajstić information content (AvgIpc) is 2.01. The Kier molecular flexibility index (Phi) is 6.23. The lowest BCUT2D eigenvalue weighted by molar-refractivity contribution is 0.151. The van der Waals surface area contributed by atoms with Crippen LogP contribution in [0.5, 0.6) is 0 Å². The number of hydrogen-bond acceptors (Lipinski definition) is 6. The second-order valence-electron chi connectivity index (χ2n) is 2.81. The molecule has 15 heavy (non-hydrogen) atoms. The van der Waals surface area contributed by atoms with Crippen molar-refractivity contribution in [3.05, 3.63) is 0 Å². The normalized spacial score (nSPS) is 13.3. The maximum atomic E-state index is 11.4. The molecule has 0 aliphatic heterocycles. The molecule has 1 N–H and O–H groups in total. The first-order valence-electron chi connectivity index (χ1n) is 4.13. The van der Waals surface area contributed by atoms with Crippen LogP contribution in [0.1, 0.15) is 19.8 Å². The second kappa shape index (κ2) is 6.12. The summed E-state index contributed by atoms with van der Waals surface area (Å²) in [5, 5.41) is 0. The first-order chi connectivity index (χ1) is 6.70. The molecule has 0 heterocycles. The monoisotopic (exact) mass is 293 g/mol. The topological polar surface area (TPSA) is 72.5 Å². The van der Waals surface area contributed by atoms with Gasteiger partial charge in [0.2, 0.25) is 0 Å². The van der Waals surface area contributed by atoms with Crippen molar-refractivity contribution >= 4 is 45.6 Å². The van der Waals surface area contributed by atoms with Gasteiger partial charge in [-0.1, -0.05) is 13.3 Å². The Balaban J connectivity index is 4.19. The minimum absolute atomic E-state index is 0.197. The number of ether oxygens (including phenoxy) is 1. The first-order valence-corrected chi connectivity index (χ1v) is 10.3. The number of carbonyl (C=O) groups is 1. The van der Waals surface area contributed by atoms with E-state index < -0.39 is 22.3 Å². The van der Waals surface area contributed by atoms with Crippen molar-refractivity contribution in [1.82, 2.24) is 4.72 Å². The lowest BCUT2D eigenvalue weighted by Gasteiger charge is -2.21. The largest absolute Gasteiger partial charge is 0.449 e. The standard InChI is InChI=1S/C6H15NO4S4/c1-3-4-5-11-6(8)7-15(9,10)14(2,12)13/h12-13H,3-5H2,1-2H3,(H,7,8). The lowest BCUT2D eigenvalue weighted by Crippen LogP contribution is -2.31. The lowest BCUT2D eigenvalue weighted by atomic mass is 10.4. The van der Waals surface area contributed by atoms with Crippen LogP contribution in [0, 0.1) is 0 Å². The molecule has 0 aromatic carbocycles. The molecule has 0 spiro atoms. The van der Waals surface area contributed by atoms with Gasteiger partial charge < -0.3 is 4.74 Å². The van der Waals surface area contributed by atoms with Crippen molar-refractivity contribution in [3.63, 3.8) is 0 Å². The Morgan fingerprint density at radius 1 is 1.40 bits per heavy atom. The zero-order valence-electron chi connectivity index (χ0n) is 8.47. The predicted molar refractivity (Wildman–Crippen MR) is 69.8 cm³/mol. The van der Waals surface area contributed by atoms with E-state index in [1.54, 1.807) is 4.72 Å². The molecule has 0 saturated carbocycles. The van der Waals surface area contributed by atoms with Crippen molar-refractivity contribution in [1.29, 1.82) is 0 Å². The molecule has 0 aliphatic carbocycles. The molecule has 9 heteroatoms. The van der Waals surface area contributed by atoms with Gasteiger partial charge >= 0.3 is 6.09 Å². The third-order valence-corrected chi connectivity index (χ3v) is 8.88. The number of nitrogens with one attached hydrogen (secondary N) is 1. The Hall–Kier alpha value is 0.270. The molecule has 0 bridgehead atoms. The van der Waals surface area contributed by atoms with Gasteiger partial charge in [-0.15, -0.1) is 23.3 Å². The Morgan fingerprint density at radius 3 is 2.33 bits per heavy atom. The second-order valence-corrected chi connectivity index (χ2v) is 15.5. The van der Waals surface area contributed by atoms with Gasteiger partial charge in [-0.25, -0.2) is 9.52 Å². The van der Waals surface area contributed by atoms with Gasteiger partial charge in [0.15, 0.2) is 0 Å². The molecule has 92 valence electrons. The molecule has 5 nitrogen and oxygen atoms in total. The van der Waals surface area contributed by atoms with Crippen molar-refractivity contribution in [3.8, 4) is 0 Å². The highest BCUT2D eigenvalue weighted by Crippen LogP contribution is 2.58. The third kappa shape index (κ3) is 5.79. The summed E-state index contributed by atoms with van der Waals surface area (Å²) < 4.78 is 29.1. The first kappa shape index (κ1) is 15.3. The molecule has 1 amide bonds. The number of carbonyl (C=O) groups excluding carboxylic acids is 1. The summed E-state index contributed by atoms with van der Waals surface area (Å²) in [6.07, 6.45) is 1.90. The van der Waals surface area contributed by atoms with Gasteiger partial charge in [0.25, 0.3) is 9.06 Å². The van der Waals surface area contributed by atoms with E-state index in [-0.39, 0.29) is 6.61 Å². The summed E-state index contributed by atoms with van der Waals surface area (Å²) in [6, 6.07) is 0. The van der Waals surface area contributed by atoms with Crippen LogP contribution in [0.25, 0.3) is 0 Å². The van der Waals surface area contributed by atoms with E-state index in [1.807, 2.05) is 6.92 Å². The number of thiol groups is 2. The Labute approximate surface area is 101 Å². The highest BCUT2D eigenvalue weighted by atomic mass is 33.8. The number of rotatable bonds is 5. The summed E-state index contributed by atoms with van der Waals surface area (Å²) >= 11 is 7.62. The summed E-state index contributed by atoms with van der Waals surface area (Å²) in [6.45, 7) is 2.13. The van der Waals surface area contributed by atoms with Gasteiger partial charge in [0.1, 0.15) is 0 Å². The zero-order chi connectivity index (χ0) is 12.1. The molecular weight excluding hydrogens is 278 g/mol. The molecule has 0 atom stereocenters. The van der Waals surface area contributed by atoms with Crippen LogP contribution in [0.4, 0.5) is 4.79 Å². The van der Waals surface area contributed by atoms with Crippen LogP contribution >= 0.6 is 30.4 Å². The molecular formula is C6H15NO4S4. The van der Waals surface area contributed by atoms with E-state index in [0.717, 1.165) is 6.42 Å². The maximum absolute atomic E-state index is 11.4. The highest BCUT2D eigenvalue weighted by Gasteiger charge is 2.28. The molecule has 0 unspecified atom stereocenters. The van der Waals surface area contributed by atoms with E-state index in [1.165, 1.54) is 6.26 Å². The molecule has 0 radical (unpaired) electrons. The van der Waals surface area contributed by atoms with E-state index in [4.69, 9.17) is 0 Å². The molecule has 0 fully saturated rings. The van der Waals surface area contributed by atoms with Gasteiger partial charge in [-0.2, -0.15) is 8.42 Å². The Bertz CT molecular complexity index is 308. The maximum Gasteiger partial charge on any atom is 0.421 e. The Morgan fingerprint density at radius 2 is 1.93 bits per heavy atom. The van der Waals surface area contributed by atoms with E-state index in [9.17, 15) is 13.2 Å². The molecule has 0 rings (SSSR count). The molecule has 0 saturated heterocycles. The minimum Gasteiger partial charge on any atom is -0.449 e. The summed E-state index contributed by atoms with van der Waals surface area (Å²) in [5.41, 5.74) is 0. The van der Waals surface area contributed by atoms with Gasteiger partial charge in [0, 0.05) is 0 Å². The molecule has 0 aromatic rings. The van der Waals surface area contributed by atoms with E-state index in [0.29, 0.717) is 6.42 Å². The van der Waals surface area contributed by atoms with Crippen LogP contribution in [-0.4, -0.2) is 27.4 Å². The van der Waals surface area contributed by atoms with Crippen LogP contribution in [-0.2, 0) is 13.8 Å². The van der Waals surface area contributed by atoms with E-state index in [2.05, 4.69) is 28.1 Å². The fourth-order valence-electron chi connectivity index (χ4n) is 0.520. The summed E-state index contributed by atoms with van der Waals surface area (Å²) in [5.74, 6) is 0. The van der Waals surface area contributed by atoms with Gasteiger partial charge in [-0.3, -0.25) is 0 Å². The van der Waals surface area contributed by atoms with Crippen molar-refractivity contribution in [2.24, 2.45) is 0 Å². The summed E-state index contributed by atoms with van der Waals surface area (Å²) in [4.78, 5) is 11.0. The molecule has 0 aromatic heterocycles.